The number of hydrogen-bond acceptors (Lipinski definition) is 2. The minimum Gasteiger partial charge on any atom is -0.378 e. The Morgan fingerprint density at radius 2 is 1.73 bits per heavy atom. The summed E-state index contributed by atoms with van der Waals surface area (Å²) in [6.45, 7) is 0. The summed E-state index contributed by atoms with van der Waals surface area (Å²) in [5.74, 6) is -2.05. The van der Waals surface area contributed by atoms with Crippen LogP contribution in [-0.4, -0.2) is 11.0 Å². The van der Waals surface area contributed by atoms with Gasteiger partial charge in [-0.25, -0.2) is 4.39 Å². The molecule has 2 aromatic rings. The number of aliphatic hydroxyl groups excluding tert-OH is 1. The highest BCUT2D eigenvalue weighted by molar-refractivity contribution is 5.94. The number of aliphatic hydroxyl groups is 1. The zero-order valence-corrected chi connectivity index (χ0v) is 11.1. The third-order valence-electron chi connectivity index (χ3n) is 2.92. The first-order valence-electron chi connectivity index (χ1n) is 6.19. The molecule has 116 valence electrons. The van der Waals surface area contributed by atoms with Crippen LogP contribution in [0.4, 0.5) is 23.2 Å². The largest absolute Gasteiger partial charge is 0.416 e. The number of amides is 1. The third kappa shape index (κ3) is 3.62. The van der Waals surface area contributed by atoms with E-state index in [1.807, 2.05) is 5.32 Å². The zero-order valence-electron chi connectivity index (χ0n) is 11.1. The smallest absolute Gasteiger partial charge is 0.378 e. The first kappa shape index (κ1) is 16.0. The maximum atomic E-state index is 13.5. The highest BCUT2D eigenvalue weighted by Gasteiger charge is 2.31. The number of carbonyl (C=O) groups is 1. The van der Waals surface area contributed by atoms with Crippen LogP contribution in [0.5, 0.6) is 0 Å². The molecule has 0 aliphatic heterocycles. The van der Waals surface area contributed by atoms with Gasteiger partial charge in [0.05, 0.1) is 11.3 Å². The Balaban J connectivity index is 2.21. The van der Waals surface area contributed by atoms with Crippen molar-refractivity contribution in [2.75, 3.05) is 5.32 Å². The van der Waals surface area contributed by atoms with Gasteiger partial charge < -0.3 is 10.4 Å². The fraction of sp³-hybridized carbons (Fsp3) is 0.133. The molecule has 0 saturated heterocycles. The van der Waals surface area contributed by atoms with Crippen LogP contribution in [0, 0.1) is 5.82 Å². The Morgan fingerprint density at radius 3 is 2.32 bits per heavy atom. The molecule has 2 rings (SSSR count). The molecule has 1 unspecified atom stereocenters. The van der Waals surface area contributed by atoms with E-state index in [-0.39, 0.29) is 5.56 Å². The molecule has 1 amide bonds. The predicted molar refractivity (Wildman–Crippen MR) is 71.4 cm³/mol. The SMILES string of the molecule is O=C(Nc1cc(C(F)(F)F)ccc1F)C(O)c1ccccc1. The zero-order chi connectivity index (χ0) is 16.3. The van der Waals surface area contributed by atoms with Crippen molar-refractivity contribution in [2.24, 2.45) is 0 Å². The molecule has 2 N–H and O–H groups in total. The lowest BCUT2D eigenvalue weighted by Crippen LogP contribution is -2.21. The van der Waals surface area contributed by atoms with Gasteiger partial charge in [-0.3, -0.25) is 4.79 Å². The molecule has 0 fully saturated rings. The number of carbonyl (C=O) groups excluding carboxylic acids is 1. The van der Waals surface area contributed by atoms with Gasteiger partial charge in [0.1, 0.15) is 5.82 Å². The van der Waals surface area contributed by atoms with Gasteiger partial charge >= 0.3 is 6.18 Å². The number of rotatable bonds is 3. The standard InChI is InChI=1S/C15H11F4NO2/c16-11-7-6-10(15(17,18)19)8-12(11)20-14(22)13(21)9-4-2-1-3-5-9/h1-8,13,21H,(H,20,22). The second-order valence-electron chi connectivity index (χ2n) is 4.49. The van der Waals surface area contributed by atoms with Crippen molar-refractivity contribution in [1.29, 1.82) is 0 Å². The van der Waals surface area contributed by atoms with Gasteiger partial charge in [-0.15, -0.1) is 0 Å². The number of alkyl halides is 3. The van der Waals surface area contributed by atoms with Crippen molar-refractivity contribution in [3.8, 4) is 0 Å². The van der Waals surface area contributed by atoms with E-state index in [0.717, 1.165) is 0 Å². The molecule has 0 radical (unpaired) electrons. The average Bonchev–Trinajstić information content (AvgIpc) is 2.48. The molecule has 22 heavy (non-hydrogen) atoms. The Hall–Kier alpha value is -2.41. The molecule has 3 nitrogen and oxygen atoms in total. The van der Waals surface area contributed by atoms with Crippen molar-refractivity contribution in [3.05, 3.63) is 65.5 Å². The van der Waals surface area contributed by atoms with E-state index in [1.165, 1.54) is 12.1 Å². The van der Waals surface area contributed by atoms with Crippen molar-refractivity contribution < 1.29 is 27.5 Å². The topological polar surface area (TPSA) is 49.3 Å². The van der Waals surface area contributed by atoms with Gasteiger partial charge in [-0.1, -0.05) is 30.3 Å². The molecule has 7 heteroatoms. The van der Waals surface area contributed by atoms with Gasteiger partial charge in [-0.05, 0) is 23.8 Å². The number of benzene rings is 2. The molecule has 0 heterocycles. The summed E-state index contributed by atoms with van der Waals surface area (Å²) in [6.07, 6.45) is -6.28. The Labute approximate surface area is 123 Å². The van der Waals surface area contributed by atoms with E-state index in [9.17, 15) is 27.5 Å². The number of nitrogens with one attached hydrogen (secondary N) is 1. The fourth-order valence-corrected chi connectivity index (χ4v) is 1.79. The fourth-order valence-electron chi connectivity index (χ4n) is 1.79. The van der Waals surface area contributed by atoms with Crippen molar-refractivity contribution >= 4 is 11.6 Å². The molecule has 0 aliphatic rings. The van der Waals surface area contributed by atoms with Crippen molar-refractivity contribution in [3.63, 3.8) is 0 Å². The van der Waals surface area contributed by atoms with Crippen molar-refractivity contribution in [1.82, 2.24) is 0 Å². The third-order valence-corrected chi connectivity index (χ3v) is 2.92. The Morgan fingerprint density at radius 1 is 1.09 bits per heavy atom. The molecule has 0 aromatic heterocycles. The predicted octanol–water partition coefficient (Wildman–Crippen LogP) is 3.52. The van der Waals surface area contributed by atoms with Gasteiger partial charge in [0.15, 0.2) is 6.10 Å². The summed E-state index contributed by atoms with van der Waals surface area (Å²) in [7, 11) is 0. The Bertz CT molecular complexity index is 671. The summed E-state index contributed by atoms with van der Waals surface area (Å²) in [5, 5.41) is 11.8. The van der Waals surface area contributed by atoms with Crippen LogP contribution in [0.3, 0.4) is 0 Å². The lowest BCUT2D eigenvalue weighted by Gasteiger charge is -2.14. The van der Waals surface area contributed by atoms with Gasteiger partial charge in [-0.2, -0.15) is 13.2 Å². The quantitative estimate of drug-likeness (QED) is 0.852. The monoisotopic (exact) mass is 313 g/mol. The van der Waals surface area contributed by atoms with Crippen LogP contribution in [0.2, 0.25) is 0 Å². The van der Waals surface area contributed by atoms with E-state index in [1.54, 1.807) is 18.2 Å². The summed E-state index contributed by atoms with van der Waals surface area (Å²) >= 11 is 0. The second kappa shape index (κ2) is 6.15. The maximum absolute atomic E-state index is 13.5. The van der Waals surface area contributed by atoms with Crippen LogP contribution in [0.25, 0.3) is 0 Å². The van der Waals surface area contributed by atoms with Crippen LogP contribution in [0.1, 0.15) is 17.2 Å². The minimum absolute atomic E-state index is 0.243. The Kier molecular flexibility index (Phi) is 4.46. The highest BCUT2D eigenvalue weighted by Crippen LogP contribution is 2.32. The number of anilines is 1. The van der Waals surface area contributed by atoms with E-state index in [2.05, 4.69) is 0 Å². The molecule has 0 spiro atoms. The molecule has 0 bridgehead atoms. The first-order valence-corrected chi connectivity index (χ1v) is 6.19. The molecular weight excluding hydrogens is 302 g/mol. The molecular formula is C15H11F4NO2. The molecule has 0 saturated carbocycles. The second-order valence-corrected chi connectivity index (χ2v) is 4.49. The molecule has 0 aliphatic carbocycles. The summed E-state index contributed by atoms with van der Waals surface area (Å²) in [6, 6.07) is 9.41. The molecule has 2 aromatic carbocycles. The van der Waals surface area contributed by atoms with Gasteiger partial charge in [0.25, 0.3) is 5.91 Å². The average molecular weight is 313 g/mol. The van der Waals surface area contributed by atoms with Crippen LogP contribution in [0.15, 0.2) is 48.5 Å². The van der Waals surface area contributed by atoms with Crippen LogP contribution in [-0.2, 0) is 11.0 Å². The summed E-state index contributed by atoms with van der Waals surface area (Å²) in [5.41, 5.74) is -1.50. The highest BCUT2D eigenvalue weighted by atomic mass is 19.4. The minimum atomic E-state index is -4.66. The molecule has 1 atom stereocenters. The van der Waals surface area contributed by atoms with Crippen molar-refractivity contribution in [2.45, 2.75) is 12.3 Å². The number of halogens is 4. The summed E-state index contributed by atoms with van der Waals surface area (Å²) in [4.78, 5) is 11.8. The van der Waals surface area contributed by atoms with E-state index in [0.29, 0.717) is 18.2 Å². The van der Waals surface area contributed by atoms with Crippen LogP contribution < -0.4 is 5.32 Å². The summed E-state index contributed by atoms with van der Waals surface area (Å²) < 4.78 is 51.2. The van der Waals surface area contributed by atoms with Gasteiger partial charge in [0, 0.05) is 0 Å². The normalized spacial score (nSPS) is 12.8. The number of hydrogen-bond donors (Lipinski definition) is 2. The lowest BCUT2D eigenvalue weighted by atomic mass is 10.1. The van der Waals surface area contributed by atoms with E-state index in [4.69, 9.17) is 0 Å². The van der Waals surface area contributed by atoms with Gasteiger partial charge in [0.2, 0.25) is 0 Å². The lowest BCUT2D eigenvalue weighted by molar-refractivity contribution is -0.137. The maximum Gasteiger partial charge on any atom is 0.416 e. The first-order chi connectivity index (χ1) is 10.3. The van der Waals surface area contributed by atoms with E-state index < -0.39 is 35.3 Å². The van der Waals surface area contributed by atoms with E-state index >= 15 is 0 Å². The van der Waals surface area contributed by atoms with Crippen LogP contribution >= 0.6 is 0 Å².